The Morgan fingerprint density at radius 1 is 0.429 bits per heavy atom. The number of allylic oxidation sites excluding steroid dienone is 1. The Morgan fingerprint density at radius 2 is 0.929 bits per heavy atom. The molecule has 0 N–H and O–H groups in total. The summed E-state index contributed by atoms with van der Waals surface area (Å²) in [5, 5.41) is 0. The average molecular weight is 537 g/mol. The summed E-state index contributed by atoms with van der Waals surface area (Å²) in [4.78, 5) is 0. The van der Waals surface area contributed by atoms with Crippen LogP contribution in [-0.2, 0) is 5.41 Å². The first kappa shape index (κ1) is 24.8. The molecule has 0 aromatic heterocycles. The van der Waals surface area contributed by atoms with E-state index in [2.05, 4.69) is 171 Å². The highest BCUT2D eigenvalue weighted by Crippen LogP contribution is 2.64. The molecule has 0 amide bonds. The van der Waals surface area contributed by atoms with Crippen LogP contribution in [0.5, 0.6) is 0 Å². The summed E-state index contributed by atoms with van der Waals surface area (Å²) in [6.45, 7) is 2.35. The third kappa shape index (κ3) is 3.62. The molecule has 0 radical (unpaired) electrons. The van der Waals surface area contributed by atoms with Crippen molar-refractivity contribution in [3.05, 3.63) is 197 Å². The van der Waals surface area contributed by atoms with Gasteiger partial charge in [-0.15, -0.1) is 0 Å². The molecule has 0 aliphatic heterocycles. The summed E-state index contributed by atoms with van der Waals surface area (Å²) in [7, 11) is 0. The third-order valence-corrected chi connectivity index (χ3v) is 9.59. The van der Waals surface area contributed by atoms with Gasteiger partial charge in [-0.3, -0.25) is 0 Å². The van der Waals surface area contributed by atoms with Crippen LogP contribution in [0.2, 0.25) is 0 Å². The highest BCUT2D eigenvalue weighted by atomic mass is 14.6. The normalized spacial score (nSPS) is 15.5. The molecule has 0 saturated carbocycles. The van der Waals surface area contributed by atoms with Gasteiger partial charge in [0.2, 0.25) is 0 Å². The molecule has 2 aliphatic rings. The van der Waals surface area contributed by atoms with E-state index in [1.165, 1.54) is 61.2 Å². The Kier molecular flexibility index (Phi) is 5.83. The molecule has 42 heavy (non-hydrogen) atoms. The zero-order chi connectivity index (χ0) is 28.1. The van der Waals surface area contributed by atoms with E-state index in [-0.39, 0.29) is 17.3 Å². The van der Waals surface area contributed by atoms with Gasteiger partial charge in [-0.25, -0.2) is 0 Å². The van der Waals surface area contributed by atoms with Crippen LogP contribution in [0.25, 0.3) is 28.3 Å². The number of rotatable bonds is 5. The van der Waals surface area contributed by atoms with Crippen LogP contribution in [0.4, 0.5) is 0 Å². The van der Waals surface area contributed by atoms with Gasteiger partial charge < -0.3 is 0 Å². The lowest BCUT2D eigenvalue weighted by molar-refractivity contribution is 0.405. The van der Waals surface area contributed by atoms with Crippen molar-refractivity contribution in [2.24, 2.45) is 0 Å². The SMILES string of the molecule is CC1=Cc2ccc(-c3ccccc3)cc2C1C(c1ccccc1)(c1ccccc1)C1c2ccccc2-c2ccccc21. The van der Waals surface area contributed by atoms with Gasteiger partial charge in [-0.05, 0) is 68.6 Å². The second-order valence-electron chi connectivity index (χ2n) is 11.7. The van der Waals surface area contributed by atoms with Crippen LogP contribution < -0.4 is 0 Å². The molecule has 0 fully saturated rings. The summed E-state index contributed by atoms with van der Waals surface area (Å²) in [6, 6.07) is 58.7. The van der Waals surface area contributed by atoms with E-state index < -0.39 is 0 Å². The zero-order valence-electron chi connectivity index (χ0n) is 23.7. The van der Waals surface area contributed by atoms with Gasteiger partial charge in [0.15, 0.2) is 0 Å². The zero-order valence-corrected chi connectivity index (χ0v) is 23.7. The molecular weight excluding hydrogens is 504 g/mol. The largest absolute Gasteiger partial charge is 0.0639 e. The maximum atomic E-state index is 2.47. The van der Waals surface area contributed by atoms with Crippen LogP contribution in [0, 0.1) is 0 Å². The van der Waals surface area contributed by atoms with Crippen molar-refractivity contribution in [2.75, 3.05) is 0 Å². The van der Waals surface area contributed by atoms with E-state index in [0.717, 1.165) is 0 Å². The first-order valence-electron chi connectivity index (χ1n) is 14.9. The molecule has 0 saturated heterocycles. The van der Waals surface area contributed by atoms with Gasteiger partial charge in [-0.2, -0.15) is 0 Å². The van der Waals surface area contributed by atoms with Crippen LogP contribution >= 0.6 is 0 Å². The second kappa shape index (κ2) is 9.86. The van der Waals surface area contributed by atoms with E-state index in [1.807, 2.05) is 0 Å². The minimum Gasteiger partial charge on any atom is -0.0639 e. The van der Waals surface area contributed by atoms with E-state index in [4.69, 9.17) is 0 Å². The fraction of sp³-hybridized carbons (Fsp3) is 0.0952. The van der Waals surface area contributed by atoms with Crippen molar-refractivity contribution in [3.8, 4) is 22.3 Å². The Bertz CT molecular complexity index is 1840. The van der Waals surface area contributed by atoms with E-state index in [1.54, 1.807) is 0 Å². The standard InChI is InChI=1S/C42H32/c1-29-27-32-26-25-31(30-15-5-2-6-16-30)28-39(32)40(29)42(33-17-7-3-8-18-33,34-19-9-4-10-20-34)41-37-23-13-11-21-35(37)36-22-12-14-24-38(36)41/h2-28,40-41H,1H3. The molecule has 2 aliphatic carbocycles. The van der Waals surface area contributed by atoms with Crippen molar-refractivity contribution in [1.82, 2.24) is 0 Å². The molecule has 0 heterocycles. The predicted octanol–water partition coefficient (Wildman–Crippen LogP) is 10.7. The number of hydrogen-bond donors (Lipinski definition) is 0. The fourth-order valence-electron chi connectivity index (χ4n) is 8.02. The lowest BCUT2D eigenvalue weighted by Gasteiger charge is -2.47. The van der Waals surface area contributed by atoms with Crippen molar-refractivity contribution in [1.29, 1.82) is 0 Å². The topological polar surface area (TPSA) is 0 Å². The lowest BCUT2D eigenvalue weighted by atomic mass is 9.54. The third-order valence-electron chi connectivity index (χ3n) is 9.59. The molecule has 0 bridgehead atoms. The van der Waals surface area contributed by atoms with Crippen molar-refractivity contribution in [2.45, 2.75) is 24.2 Å². The smallest absolute Gasteiger partial charge is 0.0418 e. The number of hydrogen-bond acceptors (Lipinski definition) is 0. The van der Waals surface area contributed by atoms with Crippen LogP contribution in [0.15, 0.2) is 163 Å². The molecular formula is C42H32. The van der Waals surface area contributed by atoms with E-state index in [9.17, 15) is 0 Å². The maximum Gasteiger partial charge on any atom is 0.0418 e. The first-order chi connectivity index (χ1) is 20.8. The highest BCUT2D eigenvalue weighted by molar-refractivity contribution is 5.82. The molecule has 200 valence electrons. The Hall–Kier alpha value is -4.94. The molecule has 0 heteroatoms. The molecule has 1 atom stereocenters. The van der Waals surface area contributed by atoms with Gasteiger partial charge in [0.05, 0.1) is 0 Å². The molecule has 6 aromatic rings. The molecule has 1 unspecified atom stereocenters. The van der Waals surface area contributed by atoms with Gasteiger partial charge >= 0.3 is 0 Å². The van der Waals surface area contributed by atoms with Crippen molar-refractivity contribution in [3.63, 3.8) is 0 Å². The predicted molar refractivity (Wildman–Crippen MR) is 176 cm³/mol. The van der Waals surface area contributed by atoms with E-state index in [0.29, 0.717) is 0 Å². The van der Waals surface area contributed by atoms with Gasteiger partial charge in [0.25, 0.3) is 0 Å². The average Bonchev–Trinajstić information content (AvgIpc) is 3.58. The summed E-state index contributed by atoms with van der Waals surface area (Å²) in [5.41, 5.74) is 14.5. The summed E-state index contributed by atoms with van der Waals surface area (Å²) >= 11 is 0. The molecule has 6 aromatic carbocycles. The maximum absolute atomic E-state index is 2.47. The Labute approximate surface area is 248 Å². The van der Waals surface area contributed by atoms with Gasteiger partial charge in [0.1, 0.15) is 0 Å². The minimum absolute atomic E-state index is 0.134. The summed E-state index contributed by atoms with van der Waals surface area (Å²) in [6.07, 6.45) is 2.43. The second-order valence-corrected chi connectivity index (χ2v) is 11.7. The lowest BCUT2D eigenvalue weighted by Crippen LogP contribution is -2.41. The number of benzene rings is 6. The monoisotopic (exact) mass is 536 g/mol. The van der Waals surface area contributed by atoms with E-state index >= 15 is 0 Å². The molecule has 8 rings (SSSR count). The Morgan fingerprint density at radius 3 is 1.50 bits per heavy atom. The van der Waals surface area contributed by atoms with Crippen LogP contribution in [0.1, 0.15) is 52.1 Å². The summed E-state index contributed by atoms with van der Waals surface area (Å²) in [5.74, 6) is 0.277. The van der Waals surface area contributed by atoms with Gasteiger partial charge in [-0.1, -0.05) is 163 Å². The number of fused-ring (bicyclic) bond motifs is 4. The van der Waals surface area contributed by atoms with Gasteiger partial charge in [0, 0.05) is 17.3 Å². The molecule has 0 nitrogen and oxygen atoms in total. The fourth-order valence-corrected chi connectivity index (χ4v) is 8.02. The Balaban J connectivity index is 1.49. The first-order valence-corrected chi connectivity index (χ1v) is 14.9. The highest BCUT2D eigenvalue weighted by Gasteiger charge is 2.54. The van der Waals surface area contributed by atoms with Crippen LogP contribution in [-0.4, -0.2) is 0 Å². The van der Waals surface area contributed by atoms with Crippen LogP contribution in [0.3, 0.4) is 0 Å². The minimum atomic E-state index is -0.383. The summed E-state index contributed by atoms with van der Waals surface area (Å²) < 4.78 is 0. The van der Waals surface area contributed by atoms with Crippen molar-refractivity contribution >= 4 is 6.08 Å². The van der Waals surface area contributed by atoms with Crippen molar-refractivity contribution < 1.29 is 0 Å². The molecule has 0 spiro atoms. The quantitative estimate of drug-likeness (QED) is 0.206.